The summed E-state index contributed by atoms with van der Waals surface area (Å²) >= 11 is 2.27. The Morgan fingerprint density at radius 1 is 0.477 bits per heavy atom. The van der Waals surface area contributed by atoms with E-state index in [4.69, 9.17) is 0 Å². The van der Waals surface area contributed by atoms with Gasteiger partial charge in [0, 0.05) is 0 Å². The molecule has 6 aromatic carbocycles. The van der Waals surface area contributed by atoms with Gasteiger partial charge in [0.15, 0.2) is 0 Å². The summed E-state index contributed by atoms with van der Waals surface area (Å²) in [5.41, 5.74) is 13.8. The van der Waals surface area contributed by atoms with Crippen molar-refractivity contribution in [2.75, 3.05) is 0 Å². The molecule has 0 unspecified atom stereocenters. The van der Waals surface area contributed by atoms with E-state index >= 15 is 0 Å². The Morgan fingerprint density at radius 2 is 0.818 bits per heavy atom. The molecule has 0 heterocycles. The van der Waals surface area contributed by atoms with Crippen molar-refractivity contribution >= 4 is 6.19 Å². The van der Waals surface area contributed by atoms with E-state index < -0.39 is 0 Å². The molecule has 2 aliphatic carbocycles. The molecule has 0 N–H and O–H groups in total. The van der Waals surface area contributed by atoms with Gasteiger partial charge in [-0.05, 0) is 36.8 Å². The van der Waals surface area contributed by atoms with Crippen LogP contribution in [0.25, 0.3) is 22.3 Å². The molecular weight excluding hydrogens is 580 g/mol. The minimum Gasteiger partial charge on any atom is -0.179 e. The standard InChI is InChI=1S/C14H14.2C13H9.C2H6Si.Ti/c1-3-7-13(8-4-1)11-12-14-9-5-2-6-10-14;2*1-3-7-12-10(5-1)9-11-6-2-4-8-13(11)12;1-3-2;/h1-10H,11-12H2;2*1-5,7-8H,9H2;1-2H3;/q;2*-1;;+2. The number of hydrogen-bond donors (Lipinski definition) is 0. The molecule has 0 aromatic heterocycles. The summed E-state index contributed by atoms with van der Waals surface area (Å²) in [6.07, 6.45) is 4.48. The smallest absolute Gasteiger partial charge is 0.0238 e. The van der Waals surface area contributed by atoms with Crippen LogP contribution in [0.15, 0.2) is 146 Å². The molecule has 0 amide bonds. The van der Waals surface area contributed by atoms with Crippen LogP contribution in [0.1, 0.15) is 33.4 Å². The van der Waals surface area contributed by atoms with E-state index in [0.717, 1.165) is 25.7 Å². The first kappa shape index (κ1) is 31.7. The van der Waals surface area contributed by atoms with E-state index in [9.17, 15) is 0 Å². The average molecular weight is 619 g/mol. The van der Waals surface area contributed by atoms with Crippen molar-refractivity contribution in [3.8, 4) is 22.3 Å². The summed E-state index contributed by atoms with van der Waals surface area (Å²) in [5, 5.41) is 0. The van der Waals surface area contributed by atoms with Crippen LogP contribution in [0.3, 0.4) is 0 Å². The van der Waals surface area contributed by atoms with Gasteiger partial charge >= 0.3 is 38.5 Å². The molecule has 8 rings (SSSR count). The van der Waals surface area contributed by atoms with Crippen LogP contribution in [-0.2, 0) is 44.9 Å². The van der Waals surface area contributed by atoms with Gasteiger partial charge in [0.2, 0.25) is 0 Å². The van der Waals surface area contributed by atoms with Crippen LogP contribution in [0, 0.1) is 12.1 Å². The summed E-state index contributed by atoms with van der Waals surface area (Å²) in [5.74, 6) is 0. The van der Waals surface area contributed by atoms with Crippen molar-refractivity contribution < 1.29 is 19.2 Å². The third-order valence-corrected chi connectivity index (χ3v) is 7.62. The van der Waals surface area contributed by atoms with Crippen LogP contribution in [0.2, 0.25) is 13.1 Å². The molecule has 0 fully saturated rings. The van der Waals surface area contributed by atoms with Crippen molar-refractivity contribution in [1.82, 2.24) is 0 Å². The van der Waals surface area contributed by atoms with Gasteiger partial charge in [0.25, 0.3) is 0 Å². The summed E-state index contributed by atoms with van der Waals surface area (Å²) in [6.45, 7) is 4.54. The molecule has 0 nitrogen and oxygen atoms in total. The molecule has 0 saturated heterocycles. The summed E-state index contributed by atoms with van der Waals surface area (Å²) < 4.78 is 0. The van der Waals surface area contributed by atoms with E-state index in [1.54, 1.807) is 0 Å². The topological polar surface area (TPSA) is 0 Å². The zero-order valence-electron chi connectivity index (χ0n) is 25.7. The summed E-state index contributed by atoms with van der Waals surface area (Å²) in [4.78, 5) is 0. The fourth-order valence-corrected chi connectivity index (χ4v) is 5.57. The van der Waals surface area contributed by atoms with Gasteiger partial charge in [-0.1, -0.05) is 131 Å². The number of benzene rings is 6. The fraction of sp³-hybridized carbons (Fsp3) is 0.143. The number of hydrogen-bond acceptors (Lipinski definition) is 0. The molecule has 44 heavy (non-hydrogen) atoms. The molecule has 0 radical (unpaired) electrons. The third-order valence-electron chi connectivity index (χ3n) is 7.62. The van der Waals surface area contributed by atoms with Gasteiger partial charge in [0.1, 0.15) is 0 Å². The Balaban J connectivity index is 0.000000123. The SMILES string of the molecule is C[Si](C)=[Ti+2].[c-]1cccc2c1Cc1ccccc1-2.[c-]1cccc2c1Cc1ccccc1-2.c1ccc(CCc2ccccc2)cc1. The van der Waals surface area contributed by atoms with Crippen LogP contribution in [0.5, 0.6) is 0 Å². The van der Waals surface area contributed by atoms with Gasteiger partial charge < -0.3 is 0 Å². The Hall–Kier alpha value is -3.75. The zero-order valence-corrected chi connectivity index (χ0v) is 28.2. The molecule has 2 aliphatic rings. The molecule has 0 bridgehead atoms. The van der Waals surface area contributed by atoms with Crippen LogP contribution < -0.4 is 0 Å². The van der Waals surface area contributed by atoms with Crippen molar-refractivity contribution in [2.24, 2.45) is 0 Å². The Bertz CT molecular complexity index is 1570. The molecule has 214 valence electrons. The van der Waals surface area contributed by atoms with Crippen molar-refractivity contribution in [3.05, 3.63) is 191 Å². The molecule has 0 spiro atoms. The molecule has 0 saturated carbocycles. The normalized spacial score (nSPS) is 11.1. The molecule has 2 heteroatoms. The predicted octanol–water partition coefficient (Wildman–Crippen LogP) is 10.4. The maximum Gasteiger partial charge on any atom is -0.0238 e. The van der Waals surface area contributed by atoms with E-state index in [1.807, 2.05) is 12.1 Å². The second-order valence-electron chi connectivity index (χ2n) is 11.3. The summed E-state index contributed by atoms with van der Waals surface area (Å²) in [7, 11) is 0. The van der Waals surface area contributed by atoms with E-state index in [2.05, 4.69) is 178 Å². The fourth-order valence-electron chi connectivity index (χ4n) is 5.57. The molecule has 6 aromatic rings. The van der Waals surface area contributed by atoms with E-state index in [1.165, 1.54) is 55.6 Å². The zero-order chi connectivity index (χ0) is 30.6. The average Bonchev–Trinajstić information content (AvgIpc) is 3.64. The third kappa shape index (κ3) is 8.89. The van der Waals surface area contributed by atoms with E-state index in [0.29, 0.717) is 0 Å². The summed E-state index contributed by atoms with van der Waals surface area (Å²) in [6, 6.07) is 57.5. The molecule has 0 atom stereocenters. The number of rotatable bonds is 3. The van der Waals surface area contributed by atoms with Gasteiger partial charge in [0.05, 0.1) is 0 Å². The monoisotopic (exact) mass is 618 g/mol. The molecular formula is C42H38SiTi. The van der Waals surface area contributed by atoms with E-state index in [-0.39, 0.29) is 6.19 Å². The van der Waals surface area contributed by atoms with Gasteiger partial charge in [-0.2, -0.15) is 59.7 Å². The second kappa shape index (κ2) is 16.4. The largest absolute Gasteiger partial charge is 0.179 e. The van der Waals surface area contributed by atoms with Crippen molar-refractivity contribution in [1.29, 1.82) is 0 Å². The quantitative estimate of drug-likeness (QED) is 0.137. The first-order chi connectivity index (χ1) is 21.6. The Morgan fingerprint density at radius 3 is 1.23 bits per heavy atom. The van der Waals surface area contributed by atoms with Crippen LogP contribution in [-0.4, -0.2) is 6.19 Å². The second-order valence-corrected chi connectivity index (χ2v) is 17.9. The van der Waals surface area contributed by atoms with Crippen molar-refractivity contribution in [2.45, 2.75) is 38.8 Å². The first-order valence-corrected chi connectivity index (χ1v) is 20.2. The van der Waals surface area contributed by atoms with Crippen LogP contribution in [0.4, 0.5) is 0 Å². The molecule has 0 aliphatic heterocycles. The van der Waals surface area contributed by atoms with Gasteiger partial charge in [-0.15, -0.1) is 11.1 Å². The maximum absolute atomic E-state index is 3.30. The van der Waals surface area contributed by atoms with Gasteiger partial charge in [-0.3, -0.25) is 0 Å². The first-order valence-electron chi connectivity index (χ1n) is 15.3. The predicted molar refractivity (Wildman–Crippen MR) is 185 cm³/mol. The van der Waals surface area contributed by atoms with Gasteiger partial charge in [-0.25, -0.2) is 0 Å². The minimum atomic E-state index is 0.120. The minimum absolute atomic E-state index is 0.120. The maximum atomic E-state index is 3.30. The number of fused-ring (bicyclic) bond motifs is 6. The Kier molecular flexibility index (Phi) is 11.8. The Labute approximate surface area is 276 Å². The van der Waals surface area contributed by atoms with Crippen molar-refractivity contribution in [3.63, 3.8) is 0 Å². The van der Waals surface area contributed by atoms with Crippen LogP contribution >= 0.6 is 0 Å². The number of aryl methyl sites for hydroxylation is 2.